The van der Waals surface area contributed by atoms with Crippen molar-refractivity contribution >= 4 is 23.1 Å². The molecule has 0 bridgehead atoms. The Labute approximate surface area is 154 Å². The number of aliphatic hydroxyl groups excluding tert-OH is 1. The zero-order chi connectivity index (χ0) is 17.6. The van der Waals surface area contributed by atoms with Crippen LogP contribution in [0.15, 0.2) is 83.6 Å². The fraction of sp³-hybridized carbons (Fsp3) is 0.238. The summed E-state index contributed by atoms with van der Waals surface area (Å²) in [6.45, 7) is 10.5. The van der Waals surface area contributed by atoms with E-state index in [1.165, 1.54) is 26.1 Å². The van der Waals surface area contributed by atoms with Crippen molar-refractivity contribution in [3.63, 3.8) is 0 Å². The van der Waals surface area contributed by atoms with Crippen molar-refractivity contribution in [2.24, 2.45) is 0 Å². The summed E-state index contributed by atoms with van der Waals surface area (Å²) in [6.07, 6.45) is 3.36. The number of aliphatic hydroxyl groups is 1. The minimum absolute atomic E-state index is 0.431. The van der Waals surface area contributed by atoms with Crippen LogP contribution in [-0.4, -0.2) is 37.4 Å². The number of β-amino-alcohol motifs (C(OH)–C–C–N with tert-alkyl or cyclic N) is 1. The van der Waals surface area contributed by atoms with Gasteiger partial charge in [0.15, 0.2) is 0 Å². The Bertz CT molecular complexity index is 691. The van der Waals surface area contributed by atoms with E-state index < -0.39 is 6.10 Å². The molecule has 0 amide bonds. The van der Waals surface area contributed by atoms with Crippen LogP contribution < -0.4 is 9.80 Å². The first-order valence-electron chi connectivity index (χ1n) is 8.59. The number of hydrogen-bond donors (Lipinski definition) is 2. The van der Waals surface area contributed by atoms with Crippen LogP contribution >= 0.6 is 11.8 Å². The fourth-order valence-electron chi connectivity index (χ4n) is 3.24. The number of rotatable bonds is 8. The van der Waals surface area contributed by atoms with E-state index in [1.54, 1.807) is 11.8 Å². The summed E-state index contributed by atoms with van der Waals surface area (Å²) in [4.78, 5) is 5.97. The zero-order valence-corrected chi connectivity index (χ0v) is 15.2. The van der Waals surface area contributed by atoms with Crippen molar-refractivity contribution in [3.05, 3.63) is 73.8 Å². The van der Waals surface area contributed by atoms with Gasteiger partial charge in [0.2, 0.25) is 0 Å². The van der Waals surface area contributed by atoms with E-state index in [2.05, 4.69) is 66.6 Å². The molecule has 3 rings (SSSR count). The van der Waals surface area contributed by atoms with Gasteiger partial charge in [-0.05, 0) is 36.4 Å². The van der Waals surface area contributed by atoms with Crippen LogP contribution in [0, 0.1) is 0 Å². The highest BCUT2D eigenvalue weighted by atomic mass is 32.2. The number of nitrogens with zero attached hydrogens (tertiary/aromatic N) is 1. The van der Waals surface area contributed by atoms with Gasteiger partial charge in [-0.1, -0.05) is 49.2 Å². The van der Waals surface area contributed by atoms with Gasteiger partial charge >= 0.3 is 0 Å². The third-order valence-corrected chi connectivity index (χ3v) is 5.45. The van der Waals surface area contributed by atoms with Crippen LogP contribution in [0.4, 0.5) is 11.4 Å². The third-order valence-electron chi connectivity index (χ3n) is 4.32. The zero-order valence-electron chi connectivity index (χ0n) is 14.4. The molecule has 1 atom stereocenters. The van der Waals surface area contributed by atoms with E-state index in [0.29, 0.717) is 13.1 Å². The Kier molecular flexibility index (Phi) is 5.97. The van der Waals surface area contributed by atoms with Crippen molar-refractivity contribution in [2.45, 2.75) is 15.9 Å². The molecule has 0 aliphatic carbocycles. The van der Waals surface area contributed by atoms with Gasteiger partial charge in [0, 0.05) is 9.79 Å². The molecular formula is C21H25N2OS+. The van der Waals surface area contributed by atoms with Crippen molar-refractivity contribution in [2.75, 3.05) is 31.1 Å². The number of para-hydroxylation sites is 2. The standard InChI is InChI=1S/C21H24N2OS/c1-3-13-22(14-4-2)15-17(24)16-23-18-9-5-7-11-20(18)25-21-12-8-6-10-19(21)23/h3-12,17,24H,1-2,13-16H2/p+1. The average molecular weight is 354 g/mol. The van der Waals surface area contributed by atoms with Gasteiger partial charge in [-0.3, -0.25) is 0 Å². The van der Waals surface area contributed by atoms with Crippen LogP contribution in [0.2, 0.25) is 0 Å². The predicted octanol–water partition coefficient (Wildman–Crippen LogP) is 2.91. The topological polar surface area (TPSA) is 27.9 Å². The molecule has 130 valence electrons. The summed E-state index contributed by atoms with van der Waals surface area (Å²) in [5, 5.41) is 10.7. The molecule has 2 aromatic carbocycles. The molecule has 1 heterocycles. The van der Waals surface area contributed by atoms with Crippen LogP contribution in [0.5, 0.6) is 0 Å². The lowest BCUT2D eigenvalue weighted by Crippen LogP contribution is -3.12. The third kappa shape index (κ3) is 4.15. The van der Waals surface area contributed by atoms with Gasteiger partial charge in [-0.2, -0.15) is 0 Å². The van der Waals surface area contributed by atoms with Crippen LogP contribution in [-0.2, 0) is 0 Å². The van der Waals surface area contributed by atoms with Crippen LogP contribution in [0.1, 0.15) is 0 Å². The molecule has 25 heavy (non-hydrogen) atoms. The molecule has 2 aromatic rings. The van der Waals surface area contributed by atoms with Gasteiger partial charge in [0.25, 0.3) is 0 Å². The van der Waals surface area contributed by atoms with E-state index >= 15 is 0 Å². The van der Waals surface area contributed by atoms with Gasteiger partial charge in [-0.25, -0.2) is 0 Å². The molecule has 0 saturated heterocycles. The molecule has 1 aliphatic rings. The molecule has 1 unspecified atom stereocenters. The molecule has 3 nitrogen and oxygen atoms in total. The number of quaternary nitrogens is 1. The van der Waals surface area contributed by atoms with E-state index in [-0.39, 0.29) is 0 Å². The lowest BCUT2D eigenvalue weighted by atomic mass is 10.2. The van der Waals surface area contributed by atoms with Gasteiger partial charge in [-0.15, -0.1) is 0 Å². The number of hydrogen-bond acceptors (Lipinski definition) is 3. The molecule has 0 saturated carbocycles. The Morgan fingerprint density at radius 1 is 0.960 bits per heavy atom. The van der Waals surface area contributed by atoms with E-state index in [0.717, 1.165) is 13.1 Å². The first-order valence-corrected chi connectivity index (χ1v) is 9.41. The highest BCUT2D eigenvalue weighted by Gasteiger charge is 2.25. The van der Waals surface area contributed by atoms with Gasteiger partial charge in [0.05, 0.1) is 31.0 Å². The Morgan fingerprint density at radius 3 is 2.00 bits per heavy atom. The SMILES string of the molecule is C=CC[NH+](CC=C)CC(O)CN1c2ccccc2Sc2ccccc21. The second-order valence-corrected chi connectivity index (χ2v) is 7.33. The fourth-order valence-corrected chi connectivity index (χ4v) is 4.34. The minimum atomic E-state index is -0.431. The normalized spacial score (nSPS) is 13.9. The molecule has 0 aromatic heterocycles. The second-order valence-electron chi connectivity index (χ2n) is 6.24. The van der Waals surface area contributed by atoms with E-state index in [9.17, 15) is 5.11 Å². The number of anilines is 2. The first-order chi connectivity index (χ1) is 12.2. The monoisotopic (exact) mass is 353 g/mol. The van der Waals surface area contributed by atoms with Crippen molar-refractivity contribution in [1.82, 2.24) is 0 Å². The second kappa shape index (κ2) is 8.39. The van der Waals surface area contributed by atoms with E-state index in [4.69, 9.17) is 0 Å². The molecule has 4 heteroatoms. The molecule has 0 radical (unpaired) electrons. The lowest BCUT2D eigenvalue weighted by molar-refractivity contribution is -0.891. The molecule has 0 spiro atoms. The number of nitrogens with one attached hydrogen (secondary N) is 1. The highest BCUT2D eigenvalue weighted by molar-refractivity contribution is 7.99. The Hall–Kier alpha value is -2.01. The summed E-state index contributed by atoms with van der Waals surface area (Å²) in [5.74, 6) is 0. The van der Waals surface area contributed by atoms with Crippen molar-refractivity contribution in [3.8, 4) is 0 Å². The summed E-state index contributed by atoms with van der Waals surface area (Å²) in [6, 6.07) is 16.8. The first kappa shape index (κ1) is 17.8. The van der Waals surface area contributed by atoms with E-state index in [1.807, 2.05) is 12.2 Å². The molecule has 1 aliphatic heterocycles. The van der Waals surface area contributed by atoms with Crippen molar-refractivity contribution in [1.29, 1.82) is 0 Å². The van der Waals surface area contributed by atoms with Crippen LogP contribution in [0.25, 0.3) is 0 Å². The summed E-state index contributed by atoms with van der Waals surface area (Å²) in [5.41, 5.74) is 2.33. The average Bonchev–Trinajstić information content (AvgIpc) is 2.62. The maximum atomic E-state index is 10.7. The maximum Gasteiger partial charge on any atom is 0.121 e. The summed E-state index contributed by atoms with van der Waals surface area (Å²) in [7, 11) is 0. The highest BCUT2D eigenvalue weighted by Crippen LogP contribution is 2.47. The smallest absolute Gasteiger partial charge is 0.121 e. The van der Waals surface area contributed by atoms with Crippen LogP contribution in [0.3, 0.4) is 0 Å². The van der Waals surface area contributed by atoms with Gasteiger partial charge in [0.1, 0.15) is 12.6 Å². The molecular weight excluding hydrogens is 328 g/mol. The number of benzene rings is 2. The quantitative estimate of drug-likeness (QED) is 0.715. The molecule has 0 fully saturated rings. The Balaban J connectivity index is 1.81. The Morgan fingerprint density at radius 2 is 1.48 bits per heavy atom. The largest absolute Gasteiger partial charge is 0.385 e. The lowest BCUT2D eigenvalue weighted by Gasteiger charge is -2.34. The summed E-state index contributed by atoms with van der Waals surface area (Å²) >= 11 is 1.79. The number of fused-ring (bicyclic) bond motifs is 2. The molecule has 2 N–H and O–H groups in total. The van der Waals surface area contributed by atoms with Crippen molar-refractivity contribution < 1.29 is 10.0 Å². The predicted molar refractivity (Wildman–Crippen MR) is 106 cm³/mol. The minimum Gasteiger partial charge on any atom is -0.385 e. The summed E-state index contributed by atoms with van der Waals surface area (Å²) < 4.78 is 0. The van der Waals surface area contributed by atoms with Gasteiger partial charge < -0.3 is 14.9 Å². The maximum absolute atomic E-state index is 10.7.